The number of benzene rings is 3. The van der Waals surface area contributed by atoms with Gasteiger partial charge in [0.2, 0.25) is 5.36 Å². The minimum absolute atomic E-state index is 0.0785. The first kappa shape index (κ1) is 39.5. The SMILES string of the molecule is CC.CCN1c2cc3c(cc2C(C)=CC1(C)C)C(c1ccc(OCCCCC(=O)ON2C(=O)CCC2=O)cc1)=c1cc2c(cc1O3)=[N+](CC)C(C)(C)C=C2C. The average molecular weight is 747 g/mol. The van der Waals surface area contributed by atoms with Crippen LogP contribution in [0, 0.1) is 0 Å². The summed E-state index contributed by atoms with van der Waals surface area (Å²) in [5.41, 5.74) is 9.11. The van der Waals surface area contributed by atoms with Gasteiger partial charge >= 0.3 is 5.97 Å². The molecule has 9 nitrogen and oxygen atoms in total. The van der Waals surface area contributed by atoms with E-state index in [-0.39, 0.29) is 30.3 Å². The number of nitrogens with zero attached hydrogens (tertiary/aromatic N) is 3. The number of unbranched alkanes of at least 4 members (excludes halogenated alkanes) is 1. The maximum Gasteiger partial charge on any atom is 0.333 e. The van der Waals surface area contributed by atoms with E-state index in [9.17, 15) is 14.4 Å². The second-order valence-corrected chi connectivity index (χ2v) is 15.5. The molecule has 0 atom stereocenters. The van der Waals surface area contributed by atoms with Crippen LogP contribution in [0.5, 0.6) is 17.2 Å². The Balaban J connectivity index is 0.00000253. The Labute approximate surface area is 325 Å². The fourth-order valence-electron chi connectivity index (χ4n) is 8.58. The molecule has 0 bridgehead atoms. The Morgan fingerprint density at radius 3 is 2.16 bits per heavy atom. The van der Waals surface area contributed by atoms with Crippen LogP contribution < -0.4 is 29.5 Å². The van der Waals surface area contributed by atoms with E-state index in [1.807, 2.05) is 26.0 Å². The molecule has 1 fully saturated rings. The van der Waals surface area contributed by atoms with Gasteiger partial charge in [-0.3, -0.25) is 9.59 Å². The first-order valence-corrected chi connectivity index (χ1v) is 19.9. The molecule has 0 aromatic heterocycles. The van der Waals surface area contributed by atoms with Crippen molar-refractivity contribution in [2.45, 2.75) is 112 Å². The predicted molar refractivity (Wildman–Crippen MR) is 218 cm³/mol. The lowest BCUT2D eigenvalue weighted by molar-refractivity contribution is -0.197. The van der Waals surface area contributed by atoms with Crippen LogP contribution in [-0.4, -0.2) is 53.6 Å². The van der Waals surface area contributed by atoms with E-state index in [2.05, 4.69) is 113 Å². The molecule has 4 aliphatic rings. The van der Waals surface area contributed by atoms with Crippen molar-refractivity contribution in [1.29, 1.82) is 0 Å². The van der Waals surface area contributed by atoms with Crippen molar-refractivity contribution in [3.63, 3.8) is 0 Å². The van der Waals surface area contributed by atoms with Crippen molar-refractivity contribution < 1.29 is 28.7 Å². The number of ether oxygens (including phenoxy) is 2. The molecule has 3 aromatic rings. The van der Waals surface area contributed by atoms with Gasteiger partial charge in [0.25, 0.3) is 11.8 Å². The normalized spacial score (nSPS) is 17.5. The van der Waals surface area contributed by atoms with E-state index in [1.54, 1.807) is 0 Å². The number of likely N-dealkylation sites (N-methyl/N-ethyl adjacent to an activating group) is 2. The van der Waals surface area contributed by atoms with Crippen molar-refractivity contribution in [3.8, 4) is 17.2 Å². The van der Waals surface area contributed by atoms with Gasteiger partial charge in [-0.25, -0.2) is 9.37 Å². The number of allylic oxidation sites excluding steroid dienone is 2. The van der Waals surface area contributed by atoms with E-state index in [0.29, 0.717) is 24.5 Å². The van der Waals surface area contributed by atoms with E-state index in [1.165, 1.54) is 33.3 Å². The van der Waals surface area contributed by atoms with Crippen LogP contribution in [0.3, 0.4) is 0 Å². The Hall–Kier alpha value is -5.18. The highest BCUT2D eigenvalue weighted by Crippen LogP contribution is 2.46. The first-order valence-electron chi connectivity index (χ1n) is 19.9. The average Bonchev–Trinajstić information content (AvgIpc) is 3.45. The number of anilines is 1. The Morgan fingerprint density at radius 2 is 1.51 bits per heavy atom. The van der Waals surface area contributed by atoms with Gasteiger partial charge in [-0.2, -0.15) is 0 Å². The molecule has 0 N–H and O–H groups in total. The molecule has 3 aromatic carbocycles. The van der Waals surface area contributed by atoms with Crippen molar-refractivity contribution in [1.82, 2.24) is 9.64 Å². The van der Waals surface area contributed by atoms with Crippen LogP contribution in [0.4, 0.5) is 5.69 Å². The summed E-state index contributed by atoms with van der Waals surface area (Å²) in [6.45, 7) is 24.0. The van der Waals surface area contributed by atoms with Crippen LogP contribution >= 0.6 is 0 Å². The number of amides is 2. The molecule has 2 amide bonds. The zero-order valence-corrected chi connectivity index (χ0v) is 34.2. The zero-order chi connectivity index (χ0) is 39.8. The molecule has 0 unspecified atom stereocenters. The van der Waals surface area contributed by atoms with Crippen molar-refractivity contribution >= 4 is 40.2 Å². The lowest BCUT2D eigenvalue weighted by atomic mass is 9.84. The lowest BCUT2D eigenvalue weighted by Gasteiger charge is -2.43. The molecule has 4 aliphatic heterocycles. The fraction of sp³-hybridized carbons (Fsp3) is 0.435. The Bertz CT molecular complexity index is 2210. The molecule has 0 radical (unpaired) electrons. The van der Waals surface area contributed by atoms with Gasteiger partial charge < -0.3 is 19.2 Å². The third kappa shape index (κ3) is 7.45. The number of hydrogen-bond donors (Lipinski definition) is 0. The maximum atomic E-state index is 12.2. The van der Waals surface area contributed by atoms with Crippen LogP contribution in [-0.2, 0) is 19.2 Å². The molecular formula is C46H56N3O6+. The van der Waals surface area contributed by atoms with E-state index in [0.717, 1.165) is 52.3 Å². The van der Waals surface area contributed by atoms with Crippen LogP contribution in [0.15, 0.2) is 60.7 Å². The van der Waals surface area contributed by atoms with E-state index >= 15 is 0 Å². The summed E-state index contributed by atoms with van der Waals surface area (Å²) < 4.78 is 15.4. The highest BCUT2D eigenvalue weighted by Gasteiger charge is 2.36. The molecule has 0 spiro atoms. The van der Waals surface area contributed by atoms with Crippen LogP contribution in [0.25, 0.3) is 16.7 Å². The van der Waals surface area contributed by atoms with Gasteiger partial charge in [-0.1, -0.05) is 32.1 Å². The summed E-state index contributed by atoms with van der Waals surface area (Å²) in [4.78, 5) is 43.0. The Kier molecular flexibility index (Phi) is 11.1. The number of hydrogen-bond acceptors (Lipinski definition) is 7. The first-order chi connectivity index (χ1) is 26.2. The second kappa shape index (κ2) is 15.5. The van der Waals surface area contributed by atoms with Crippen molar-refractivity contribution in [2.24, 2.45) is 0 Å². The number of carbonyl (C=O) groups is 3. The molecule has 0 saturated carbocycles. The molecule has 55 heavy (non-hydrogen) atoms. The van der Waals surface area contributed by atoms with E-state index in [4.69, 9.17) is 14.3 Å². The summed E-state index contributed by atoms with van der Waals surface area (Å²) in [6, 6.07) is 17.3. The minimum atomic E-state index is -0.594. The maximum absolute atomic E-state index is 12.2. The zero-order valence-electron chi connectivity index (χ0n) is 34.2. The highest BCUT2D eigenvalue weighted by atomic mass is 16.7. The van der Waals surface area contributed by atoms with Gasteiger partial charge in [0.1, 0.15) is 23.8 Å². The van der Waals surface area contributed by atoms with Gasteiger partial charge in [0.05, 0.1) is 18.2 Å². The standard InChI is InChI=1S/C44H50N3O6.C2H6/c1-9-45-35-23-37-33(21-31(35)27(3)25-43(45,5)6)42(34-22-32-28(4)26-44(7,8)46(10-2)36(32)24-38(34)52-37)29-14-16-30(17-15-29)51-20-12-11-13-41(50)53-47-39(48)18-19-40(47)49;1-2/h14-17,21-26H,9-13,18-20H2,1-8H3;1-2H3/q+1;. The molecule has 0 aliphatic carbocycles. The van der Waals surface area contributed by atoms with Crippen LogP contribution in [0.2, 0.25) is 0 Å². The quantitative estimate of drug-likeness (QED) is 0.0925. The van der Waals surface area contributed by atoms with Gasteiger partial charge in [0.15, 0.2) is 5.54 Å². The number of fused-ring (bicyclic) bond motifs is 4. The second-order valence-electron chi connectivity index (χ2n) is 15.5. The summed E-state index contributed by atoms with van der Waals surface area (Å²) in [5.74, 6) is 0.877. The topological polar surface area (TPSA) is 88.4 Å². The monoisotopic (exact) mass is 746 g/mol. The smallest absolute Gasteiger partial charge is 0.333 e. The third-order valence-electron chi connectivity index (χ3n) is 10.9. The lowest BCUT2D eigenvalue weighted by Crippen LogP contribution is -2.49. The molecule has 1 saturated heterocycles. The molecule has 290 valence electrons. The van der Waals surface area contributed by atoms with Crippen molar-refractivity contribution in [3.05, 3.63) is 93.5 Å². The third-order valence-corrected chi connectivity index (χ3v) is 10.9. The Morgan fingerprint density at radius 1 is 0.836 bits per heavy atom. The summed E-state index contributed by atoms with van der Waals surface area (Å²) in [5, 5.41) is 2.83. The number of imide groups is 1. The predicted octanol–water partition coefficient (Wildman–Crippen LogP) is 7.95. The van der Waals surface area contributed by atoms with Gasteiger partial charge in [-0.15, -0.1) is 5.06 Å². The molecule has 9 heteroatoms. The summed E-state index contributed by atoms with van der Waals surface area (Å²) in [7, 11) is 0. The van der Waals surface area contributed by atoms with E-state index < -0.39 is 17.8 Å². The number of carbonyl (C=O) groups excluding carboxylic acids is 3. The fourth-order valence-corrected chi connectivity index (χ4v) is 8.58. The minimum Gasteiger partial charge on any atom is -0.494 e. The summed E-state index contributed by atoms with van der Waals surface area (Å²) >= 11 is 0. The summed E-state index contributed by atoms with van der Waals surface area (Å²) in [6.07, 6.45) is 6.09. The largest absolute Gasteiger partial charge is 0.494 e. The molecule has 4 heterocycles. The molecular weight excluding hydrogens is 691 g/mol. The van der Waals surface area contributed by atoms with Crippen LogP contribution in [0.1, 0.15) is 124 Å². The van der Waals surface area contributed by atoms with Crippen molar-refractivity contribution in [2.75, 3.05) is 24.6 Å². The number of hydroxylamine groups is 2. The highest BCUT2D eigenvalue weighted by molar-refractivity contribution is 6.01. The van der Waals surface area contributed by atoms with Gasteiger partial charge in [0, 0.05) is 78.9 Å². The molecule has 7 rings (SSSR count). The number of rotatable bonds is 10. The van der Waals surface area contributed by atoms with Gasteiger partial charge in [-0.05, 0) is 101 Å².